The average Bonchev–Trinajstić information content (AvgIpc) is 3.55. The second-order valence-corrected chi connectivity index (χ2v) is 13.7. The van der Waals surface area contributed by atoms with Gasteiger partial charge in [0.15, 0.2) is 5.65 Å². The summed E-state index contributed by atoms with van der Waals surface area (Å²) in [7, 11) is 2.14. The number of carbonyl (C=O) groups excluding carboxylic acids is 1. The van der Waals surface area contributed by atoms with Crippen LogP contribution >= 0.6 is 11.8 Å². The molecule has 0 aliphatic carbocycles. The lowest BCUT2D eigenvalue weighted by Crippen LogP contribution is -2.43. The summed E-state index contributed by atoms with van der Waals surface area (Å²) < 4.78 is 6.24. The van der Waals surface area contributed by atoms with Crippen LogP contribution in [-0.4, -0.2) is 73.4 Å². The number of thioether (sulfide) groups is 1. The van der Waals surface area contributed by atoms with E-state index in [-0.39, 0.29) is 18.1 Å². The van der Waals surface area contributed by atoms with Crippen molar-refractivity contribution in [2.45, 2.75) is 76.3 Å². The Morgan fingerprint density at radius 1 is 1.05 bits per heavy atom. The van der Waals surface area contributed by atoms with Crippen molar-refractivity contribution < 1.29 is 9.53 Å². The summed E-state index contributed by atoms with van der Waals surface area (Å²) in [5.74, 6) is 1.75. The average molecular weight is 601 g/mol. The van der Waals surface area contributed by atoms with Crippen LogP contribution < -0.4 is 15.4 Å². The van der Waals surface area contributed by atoms with E-state index in [4.69, 9.17) is 14.7 Å². The molecule has 0 saturated carbocycles. The molecule has 1 amide bonds. The van der Waals surface area contributed by atoms with Crippen molar-refractivity contribution in [2.75, 3.05) is 30.8 Å². The molecule has 0 atom stereocenters. The minimum atomic E-state index is -0.0490. The fraction of sp³-hybridized carbons (Fsp3) is 0.438. The summed E-state index contributed by atoms with van der Waals surface area (Å²) in [5.41, 5.74) is 5.08. The molecule has 0 radical (unpaired) electrons. The first kappa shape index (κ1) is 29.3. The number of nitrogens with zero attached hydrogens (tertiary/aromatic N) is 5. The number of hydrogen-bond acceptors (Lipinski definition) is 9. The van der Waals surface area contributed by atoms with Gasteiger partial charge in [0.25, 0.3) is 5.91 Å². The van der Waals surface area contributed by atoms with Gasteiger partial charge in [0.05, 0.1) is 29.1 Å². The van der Waals surface area contributed by atoms with Gasteiger partial charge in [0, 0.05) is 28.3 Å². The second-order valence-electron chi connectivity index (χ2n) is 12.1. The standard InChI is InChI=1S/C32H40N8O2S/c1-18(2)42-27-14-21-17-40(22-9-11-39(6)12-10-22)31(41)23(21)15-25(27)35-32-36-29(24-16-33-38-30(24)37-32)34-26-13-20(5)7-8-28(26)43-19(3)4/h7-8,13-16,18-19,22H,9-12,17H2,1-6H3,(H3,33,34,35,36,37,38). The molecule has 6 rings (SSSR count). The van der Waals surface area contributed by atoms with Crippen LogP contribution in [0, 0.1) is 6.92 Å². The van der Waals surface area contributed by atoms with Crippen LogP contribution in [0.5, 0.6) is 5.75 Å². The number of aryl methyl sites for hydroxylation is 1. The number of rotatable bonds is 9. The molecule has 0 unspecified atom stereocenters. The lowest BCUT2D eigenvalue weighted by atomic mass is 10.0. The van der Waals surface area contributed by atoms with E-state index in [1.54, 1.807) is 18.0 Å². The van der Waals surface area contributed by atoms with Crippen molar-refractivity contribution >= 4 is 51.8 Å². The molecule has 4 heterocycles. The molecule has 10 nitrogen and oxygen atoms in total. The lowest BCUT2D eigenvalue weighted by molar-refractivity contribution is 0.0617. The highest BCUT2D eigenvalue weighted by Gasteiger charge is 2.35. The number of piperidine rings is 1. The van der Waals surface area contributed by atoms with E-state index >= 15 is 0 Å². The van der Waals surface area contributed by atoms with Crippen molar-refractivity contribution in [1.29, 1.82) is 0 Å². The van der Waals surface area contributed by atoms with Crippen LogP contribution in [-0.2, 0) is 6.54 Å². The Bertz CT molecular complexity index is 1640. The number of aromatic amines is 1. The molecule has 1 saturated heterocycles. The number of carbonyl (C=O) groups is 1. The Hall–Kier alpha value is -3.83. The van der Waals surface area contributed by atoms with Gasteiger partial charge in [0.1, 0.15) is 11.6 Å². The molecule has 3 N–H and O–H groups in total. The molecule has 2 aliphatic rings. The zero-order valence-corrected chi connectivity index (χ0v) is 26.5. The molecule has 0 bridgehead atoms. The molecule has 43 heavy (non-hydrogen) atoms. The molecule has 11 heteroatoms. The molecule has 2 aromatic heterocycles. The fourth-order valence-corrected chi connectivity index (χ4v) is 6.64. The summed E-state index contributed by atoms with van der Waals surface area (Å²) in [6.07, 6.45) is 3.66. The maximum atomic E-state index is 13.6. The Morgan fingerprint density at radius 2 is 1.84 bits per heavy atom. The zero-order chi connectivity index (χ0) is 30.2. The number of benzene rings is 2. The molecule has 1 fully saturated rings. The topological polar surface area (TPSA) is 111 Å². The third-order valence-corrected chi connectivity index (χ3v) is 8.92. The Morgan fingerprint density at radius 3 is 2.58 bits per heavy atom. The summed E-state index contributed by atoms with van der Waals surface area (Å²) in [6.45, 7) is 13.0. The van der Waals surface area contributed by atoms with Crippen LogP contribution in [0.3, 0.4) is 0 Å². The third-order valence-electron chi connectivity index (χ3n) is 7.84. The second kappa shape index (κ2) is 12.0. The third kappa shape index (κ3) is 6.28. The van der Waals surface area contributed by atoms with E-state index in [1.807, 2.05) is 30.9 Å². The van der Waals surface area contributed by atoms with Crippen molar-refractivity contribution in [3.8, 4) is 5.75 Å². The summed E-state index contributed by atoms with van der Waals surface area (Å²) in [6, 6.07) is 10.5. The van der Waals surface area contributed by atoms with E-state index in [0.717, 1.165) is 53.0 Å². The smallest absolute Gasteiger partial charge is 0.254 e. The van der Waals surface area contributed by atoms with E-state index in [0.29, 0.717) is 46.2 Å². The van der Waals surface area contributed by atoms with Crippen LogP contribution in [0.4, 0.5) is 23.1 Å². The predicted octanol–water partition coefficient (Wildman–Crippen LogP) is 6.49. The SMILES string of the molecule is Cc1ccc(SC(C)C)c(Nc2nc(Nc3cc4c(cc3OC(C)C)CN(C3CCN(C)CC3)C4=O)nc3[nH]ncc23)c1. The van der Waals surface area contributed by atoms with E-state index in [2.05, 4.69) is 71.7 Å². The first-order valence-corrected chi connectivity index (χ1v) is 15.9. The van der Waals surface area contributed by atoms with Gasteiger partial charge in [-0.1, -0.05) is 19.9 Å². The number of hydrogen-bond donors (Lipinski definition) is 3. The first-order valence-electron chi connectivity index (χ1n) is 15.0. The predicted molar refractivity (Wildman–Crippen MR) is 173 cm³/mol. The van der Waals surface area contributed by atoms with Gasteiger partial charge in [-0.3, -0.25) is 9.89 Å². The minimum Gasteiger partial charge on any atom is -0.489 e. The van der Waals surface area contributed by atoms with Crippen LogP contribution in [0.2, 0.25) is 0 Å². The van der Waals surface area contributed by atoms with Gasteiger partial charge >= 0.3 is 0 Å². The molecule has 2 aliphatic heterocycles. The summed E-state index contributed by atoms with van der Waals surface area (Å²) in [4.78, 5) is 28.7. The van der Waals surface area contributed by atoms with Gasteiger partial charge in [-0.05, 0) is 89.1 Å². The maximum absolute atomic E-state index is 13.6. The minimum absolute atomic E-state index is 0.0490. The Balaban J connectivity index is 1.34. The van der Waals surface area contributed by atoms with Crippen LogP contribution in [0.15, 0.2) is 41.4 Å². The van der Waals surface area contributed by atoms with Crippen molar-refractivity contribution in [3.63, 3.8) is 0 Å². The van der Waals surface area contributed by atoms with Gasteiger partial charge in [-0.25, -0.2) is 0 Å². The quantitative estimate of drug-likeness (QED) is 0.186. The summed E-state index contributed by atoms with van der Waals surface area (Å²) >= 11 is 1.80. The van der Waals surface area contributed by atoms with Gasteiger partial charge in [-0.2, -0.15) is 15.1 Å². The van der Waals surface area contributed by atoms with E-state index < -0.39 is 0 Å². The number of ether oxygens (including phenoxy) is 1. The monoisotopic (exact) mass is 600 g/mol. The number of H-pyrrole nitrogens is 1. The van der Waals surface area contributed by atoms with Crippen molar-refractivity contribution in [2.24, 2.45) is 0 Å². The molecule has 0 spiro atoms. The van der Waals surface area contributed by atoms with Gasteiger partial charge < -0.3 is 25.2 Å². The molecular formula is C32H40N8O2S. The highest BCUT2D eigenvalue weighted by Crippen LogP contribution is 2.38. The van der Waals surface area contributed by atoms with Crippen LogP contribution in [0.1, 0.15) is 62.0 Å². The normalized spacial score (nSPS) is 16.0. The van der Waals surface area contributed by atoms with E-state index in [9.17, 15) is 4.79 Å². The zero-order valence-electron chi connectivity index (χ0n) is 25.7. The molecular weight excluding hydrogens is 560 g/mol. The van der Waals surface area contributed by atoms with Crippen molar-refractivity contribution in [3.05, 3.63) is 53.2 Å². The highest BCUT2D eigenvalue weighted by molar-refractivity contribution is 8.00. The maximum Gasteiger partial charge on any atom is 0.254 e. The van der Waals surface area contributed by atoms with Gasteiger partial charge in [0.2, 0.25) is 5.95 Å². The highest BCUT2D eigenvalue weighted by atomic mass is 32.2. The Kier molecular flexibility index (Phi) is 8.19. The number of likely N-dealkylation sites (tertiary alicyclic amines) is 1. The van der Waals surface area contributed by atoms with Gasteiger partial charge in [-0.15, -0.1) is 11.8 Å². The largest absolute Gasteiger partial charge is 0.489 e. The van der Waals surface area contributed by atoms with Crippen LogP contribution in [0.25, 0.3) is 11.0 Å². The molecule has 226 valence electrons. The number of anilines is 4. The molecule has 2 aromatic carbocycles. The number of fused-ring (bicyclic) bond motifs is 2. The fourth-order valence-electron chi connectivity index (χ4n) is 5.74. The first-order chi connectivity index (χ1) is 20.6. The number of nitrogens with one attached hydrogen (secondary N) is 3. The lowest BCUT2D eigenvalue weighted by Gasteiger charge is -2.34. The molecule has 4 aromatic rings. The number of aromatic nitrogens is 4. The Labute approximate surface area is 257 Å². The summed E-state index contributed by atoms with van der Waals surface area (Å²) in [5, 5.41) is 15.4. The number of amides is 1. The van der Waals surface area contributed by atoms with E-state index in [1.165, 1.54) is 0 Å². The van der Waals surface area contributed by atoms with Crippen molar-refractivity contribution in [1.82, 2.24) is 30.0 Å².